The molecule has 6 heteroatoms. The van der Waals surface area contributed by atoms with Crippen LogP contribution in [0.1, 0.15) is 19.4 Å². The summed E-state index contributed by atoms with van der Waals surface area (Å²) in [6.45, 7) is 9.57. The molecule has 0 bridgehead atoms. The molecule has 0 saturated carbocycles. The number of hydrogen-bond donors (Lipinski definition) is 1. The number of nitrogens with zero attached hydrogens (tertiary/aromatic N) is 3. The van der Waals surface area contributed by atoms with Crippen molar-refractivity contribution in [3.63, 3.8) is 0 Å². The fraction of sp³-hybridized carbons (Fsp3) is 0.600. The molecular weight excluding hydrogens is 268 g/mol. The molecule has 2 heterocycles. The van der Waals surface area contributed by atoms with Gasteiger partial charge in [0.15, 0.2) is 0 Å². The largest absolute Gasteiger partial charge is 0.478 e. The van der Waals surface area contributed by atoms with Crippen molar-refractivity contribution in [1.82, 2.24) is 20.1 Å². The molecule has 1 saturated heterocycles. The molecule has 0 radical (unpaired) electrons. The number of piperazine rings is 1. The van der Waals surface area contributed by atoms with Gasteiger partial charge >= 0.3 is 6.03 Å². The summed E-state index contributed by atoms with van der Waals surface area (Å²) in [6.07, 6.45) is 1.69. The first-order valence-corrected chi connectivity index (χ1v) is 7.56. The third-order valence-electron chi connectivity index (χ3n) is 3.67. The number of rotatable bonds is 5. The van der Waals surface area contributed by atoms with Crippen molar-refractivity contribution in [3.8, 4) is 5.88 Å². The van der Waals surface area contributed by atoms with Gasteiger partial charge in [-0.05, 0) is 19.5 Å². The first-order valence-electron chi connectivity index (χ1n) is 7.56. The topological polar surface area (TPSA) is 57.7 Å². The highest BCUT2D eigenvalue weighted by molar-refractivity contribution is 5.74. The van der Waals surface area contributed by atoms with Crippen LogP contribution in [0.3, 0.4) is 0 Å². The lowest BCUT2D eigenvalue weighted by Crippen LogP contribution is -2.51. The lowest BCUT2D eigenvalue weighted by Gasteiger charge is -2.34. The third kappa shape index (κ3) is 4.32. The van der Waals surface area contributed by atoms with Crippen molar-refractivity contribution in [2.75, 3.05) is 39.3 Å². The molecule has 6 nitrogen and oxygen atoms in total. The van der Waals surface area contributed by atoms with E-state index in [1.165, 1.54) is 0 Å². The molecule has 1 aliphatic rings. The van der Waals surface area contributed by atoms with E-state index in [4.69, 9.17) is 4.74 Å². The number of pyridine rings is 1. The molecule has 0 unspecified atom stereocenters. The van der Waals surface area contributed by atoms with Gasteiger partial charge in [-0.25, -0.2) is 9.78 Å². The number of carbonyl (C=O) groups excluding carboxylic acids is 1. The summed E-state index contributed by atoms with van der Waals surface area (Å²) in [5.74, 6) is 0.594. The van der Waals surface area contributed by atoms with Crippen LogP contribution in [0.2, 0.25) is 0 Å². The highest BCUT2D eigenvalue weighted by Crippen LogP contribution is 2.14. The molecule has 0 spiro atoms. The van der Waals surface area contributed by atoms with E-state index in [-0.39, 0.29) is 6.03 Å². The average Bonchev–Trinajstić information content (AvgIpc) is 2.54. The Morgan fingerprint density at radius 1 is 1.33 bits per heavy atom. The molecule has 0 aliphatic carbocycles. The monoisotopic (exact) mass is 292 g/mol. The zero-order valence-corrected chi connectivity index (χ0v) is 12.8. The van der Waals surface area contributed by atoms with Crippen LogP contribution in [0.25, 0.3) is 0 Å². The average molecular weight is 292 g/mol. The van der Waals surface area contributed by atoms with Crippen molar-refractivity contribution in [1.29, 1.82) is 0 Å². The summed E-state index contributed by atoms with van der Waals surface area (Å²) in [5.41, 5.74) is 0.903. The van der Waals surface area contributed by atoms with Gasteiger partial charge in [0.1, 0.15) is 0 Å². The van der Waals surface area contributed by atoms with Crippen LogP contribution in [0.5, 0.6) is 5.88 Å². The summed E-state index contributed by atoms with van der Waals surface area (Å²) in [7, 11) is 0. The maximum atomic E-state index is 12.2. The van der Waals surface area contributed by atoms with E-state index < -0.39 is 0 Å². The molecule has 2 amide bonds. The van der Waals surface area contributed by atoms with Gasteiger partial charge in [-0.3, -0.25) is 0 Å². The standard InChI is InChI=1S/C15H24N4O2/c1-3-18-8-10-19(11-9-18)15(20)17-12-13-6-5-7-16-14(13)21-4-2/h5-7H,3-4,8-12H2,1-2H3,(H,17,20). The van der Waals surface area contributed by atoms with Crippen LogP contribution < -0.4 is 10.1 Å². The number of likely N-dealkylation sites (N-methyl/N-ethyl adjacent to an activating group) is 1. The molecule has 0 aromatic carbocycles. The van der Waals surface area contributed by atoms with E-state index in [2.05, 4.69) is 22.1 Å². The van der Waals surface area contributed by atoms with Gasteiger partial charge in [-0.1, -0.05) is 13.0 Å². The van der Waals surface area contributed by atoms with Crippen molar-refractivity contribution in [2.45, 2.75) is 20.4 Å². The summed E-state index contributed by atoms with van der Waals surface area (Å²) < 4.78 is 5.46. The van der Waals surface area contributed by atoms with E-state index in [0.717, 1.165) is 38.3 Å². The molecule has 116 valence electrons. The van der Waals surface area contributed by atoms with Crippen LogP contribution in [-0.2, 0) is 6.54 Å². The minimum Gasteiger partial charge on any atom is -0.478 e. The second-order valence-corrected chi connectivity index (χ2v) is 4.98. The number of nitrogens with one attached hydrogen (secondary N) is 1. The lowest BCUT2D eigenvalue weighted by molar-refractivity contribution is 0.142. The van der Waals surface area contributed by atoms with Gasteiger partial charge in [-0.2, -0.15) is 0 Å². The SMILES string of the molecule is CCOc1ncccc1CNC(=O)N1CCN(CC)CC1. The van der Waals surface area contributed by atoms with E-state index in [0.29, 0.717) is 19.0 Å². The van der Waals surface area contributed by atoms with Crippen LogP contribution in [-0.4, -0.2) is 60.1 Å². The fourth-order valence-electron chi connectivity index (χ4n) is 2.38. The Bertz CT molecular complexity index is 459. The third-order valence-corrected chi connectivity index (χ3v) is 3.67. The van der Waals surface area contributed by atoms with Crippen LogP contribution in [0.4, 0.5) is 4.79 Å². The van der Waals surface area contributed by atoms with Crippen molar-refractivity contribution in [2.24, 2.45) is 0 Å². The van der Waals surface area contributed by atoms with Crippen LogP contribution in [0.15, 0.2) is 18.3 Å². The molecule has 2 rings (SSSR count). The maximum absolute atomic E-state index is 12.2. The Morgan fingerprint density at radius 2 is 2.10 bits per heavy atom. The molecule has 1 fully saturated rings. The van der Waals surface area contributed by atoms with Gasteiger partial charge in [0.25, 0.3) is 0 Å². The molecule has 1 aromatic heterocycles. The fourth-order valence-corrected chi connectivity index (χ4v) is 2.38. The van der Waals surface area contributed by atoms with Crippen molar-refractivity contribution < 1.29 is 9.53 Å². The van der Waals surface area contributed by atoms with Crippen LogP contribution in [0, 0.1) is 0 Å². The van der Waals surface area contributed by atoms with E-state index >= 15 is 0 Å². The Morgan fingerprint density at radius 3 is 2.76 bits per heavy atom. The molecular formula is C15H24N4O2. The number of ether oxygens (including phenoxy) is 1. The predicted molar refractivity (Wildman–Crippen MR) is 81.3 cm³/mol. The number of urea groups is 1. The molecule has 1 aromatic rings. The zero-order valence-electron chi connectivity index (χ0n) is 12.8. The van der Waals surface area contributed by atoms with E-state index in [1.54, 1.807) is 6.20 Å². The van der Waals surface area contributed by atoms with Crippen LogP contribution >= 0.6 is 0 Å². The first kappa shape index (κ1) is 15.6. The van der Waals surface area contributed by atoms with Gasteiger partial charge in [0.2, 0.25) is 5.88 Å². The Kier molecular flexibility index (Phi) is 5.80. The Hall–Kier alpha value is -1.82. The summed E-state index contributed by atoms with van der Waals surface area (Å²) in [6, 6.07) is 3.76. The molecule has 1 aliphatic heterocycles. The Labute approximate surface area is 126 Å². The van der Waals surface area contributed by atoms with Crippen molar-refractivity contribution >= 4 is 6.03 Å². The van der Waals surface area contributed by atoms with Gasteiger partial charge in [0, 0.05) is 44.5 Å². The maximum Gasteiger partial charge on any atom is 0.317 e. The van der Waals surface area contributed by atoms with Gasteiger partial charge < -0.3 is 19.9 Å². The van der Waals surface area contributed by atoms with E-state index in [9.17, 15) is 4.79 Å². The predicted octanol–water partition coefficient (Wildman–Crippen LogP) is 1.33. The first-order chi connectivity index (χ1) is 10.2. The van der Waals surface area contributed by atoms with Gasteiger partial charge in [-0.15, -0.1) is 0 Å². The molecule has 0 atom stereocenters. The number of hydrogen-bond acceptors (Lipinski definition) is 4. The number of amides is 2. The van der Waals surface area contributed by atoms with Gasteiger partial charge in [0.05, 0.1) is 6.61 Å². The second-order valence-electron chi connectivity index (χ2n) is 4.98. The smallest absolute Gasteiger partial charge is 0.317 e. The minimum atomic E-state index is -0.0166. The highest BCUT2D eigenvalue weighted by atomic mass is 16.5. The summed E-state index contributed by atoms with van der Waals surface area (Å²) >= 11 is 0. The zero-order chi connectivity index (χ0) is 15.1. The lowest BCUT2D eigenvalue weighted by atomic mass is 10.2. The number of aromatic nitrogens is 1. The Balaban J connectivity index is 1.84. The minimum absolute atomic E-state index is 0.0166. The van der Waals surface area contributed by atoms with E-state index in [1.807, 2.05) is 24.0 Å². The normalized spacial score (nSPS) is 15.8. The highest BCUT2D eigenvalue weighted by Gasteiger charge is 2.20. The number of carbonyl (C=O) groups is 1. The summed E-state index contributed by atoms with van der Waals surface area (Å²) in [4.78, 5) is 20.6. The molecule has 1 N–H and O–H groups in total. The second kappa shape index (κ2) is 7.83. The summed E-state index contributed by atoms with van der Waals surface area (Å²) in [5, 5.41) is 2.95. The quantitative estimate of drug-likeness (QED) is 0.889. The molecule has 21 heavy (non-hydrogen) atoms. The van der Waals surface area contributed by atoms with Crippen molar-refractivity contribution in [3.05, 3.63) is 23.9 Å².